The van der Waals surface area contributed by atoms with E-state index in [1.54, 1.807) is 0 Å². The standard InChI is InChI=1S/C14H30N4O/c1-14(2,13(15)17-19)7-9-16-8-4-12-5-10-18(3)11-6-12/h12,16,19H,4-11H2,1-3H3,(H2,15,17). The SMILES string of the molecule is CN1CCC(CCNCCC(C)(C)C(N)=NO)CC1. The summed E-state index contributed by atoms with van der Waals surface area (Å²) < 4.78 is 0. The molecule has 5 heteroatoms. The highest BCUT2D eigenvalue weighted by atomic mass is 16.4. The van der Waals surface area contributed by atoms with Crippen LogP contribution in [0.2, 0.25) is 0 Å². The second-order valence-electron chi connectivity index (χ2n) is 6.40. The van der Waals surface area contributed by atoms with Gasteiger partial charge in [0.1, 0.15) is 5.84 Å². The van der Waals surface area contributed by atoms with Crippen LogP contribution in [0.4, 0.5) is 0 Å². The lowest BCUT2D eigenvalue weighted by atomic mass is 9.88. The molecule has 1 aliphatic heterocycles. The van der Waals surface area contributed by atoms with Crippen LogP contribution in [0.15, 0.2) is 5.16 Å². The molecule has 5 nitrogen and oxygen atoms in total. The third kappa shape index (κ3) is 5.78. The van der Waals surface area contributed by atoms with Gasteiger partial charge in [0.2, 0.25) is 0 Å². The molecule has 0 aromatic heterocycles. The highest BCUT2D eigenvalue weighted by Crippen LogP contribution is 2.20. The smallest absolute Gasteiger partial charge is 0.144 e. The van der Waals surface area contributed by atoms with Gasteiger partial charge in [-0.25, -0.2) is 0 Å². The van der Waals surface area contributed by atoms with Crippen molar-refractivity contribution >= 4 is 5.84 Å². The topological polar surface area (TPSA) is 73.9 Å². The van der Waals surface area contributed by atoms with E-state index in [4.69, 9.17) is 10.9 Å². The molecule has 0 spiro atoms. The minimum atomic E-state index is -0.241. The summed E-state index contributed by atoms with van der Waals surface area (Å²) >= 11 is 0. The zero-order valence-electron chi connectivity index (χ0n) is 12.7. The summed E-state index contributed by atoms with van der Waals surface area (Å²) in [6, 6.07) is 0. The number of hydrogen-bond acceptors (Lipinski definition) is 4. The summed E-state index contributed by atoms with van der Waals surface area (Å²) in [5.74, 6) is 1.19. The summed E-state index contributed by atoms with van der Waals surface area (Å²) in [5.41, 5.74) is 5.42. The van der Waals surface area contributed by atoms with E-state index in [9.17, 15) is 0 Å². The summed E-state index contributed by atoms with van der Waals surface area (Å²) in [6.07, 6.45) is 4.80. The van der Waals surface area contributed by atoms with Crippen molar-refractivity contribution in [2.45, 2.75) is 39.5 Å². The summed E-state index contributed by atoms with van der Waals surface area (Å²) in [6.45, 7) is 8.46. The molecule has 0 atom stereocenters. The Bertz CT molecular complexity index is 283. The number of piperidine rings is 1. The number of rotatable bonds is 7. The summed E-state index contributed by atoms with van der Waals surface area (Å²) in [4.78, 5) is 2.41. The Labute approximate surface area is 117 Å². The monoisotopic (exact) mass is 270 g/mol. The first-order chi connectivity index (χ1) is 8.95. The van der Waals surface area contributed by atoms with Gasteiger partial charge in [0.25, 0.3) is 0 Å². The summed E-state index contributed by atoms with van der Waals surface area (Å²) in [7, 11) is 2.20. The molecule has 1 aliphatic rings. The number of oxime groups is 1. The van der Waals surface area contributed by atoms with Gasteiger partial charge in [-0.2, -0.15) is 0 Å². The number of amidine groups is 1. The zero-order valence-corrected chi connectivity index (χ0v) is 12.7. The van der Waals surface area contributed by atoms with Crippen molar-refractivity contribution in [3.63, 3.8) is 0 Å². The first kappa shape index (κ1) is 16.2. The molecular formula is C14H30N4O. The normalized spacial score (nSPS) is 19.8. The van der Waals surface area contributed by atoms with E-state index in [2.05, 4.69) is 22.4 Å². The number of nitrogens with one attached hydrogen (secondary N) is 1. The average molecular weight is 270 g/mol. The van der Waals surface area contributed by atoms with E-state index in [1.807, 2.05) is 13.8 Å². The molecule has 0 aromatic carbocycles. The van der Waals surface area contributed by atoms with E-state index in [1.165, 1.54) is 32.4 Å². The summed E-state index contributed by atoms with van der Waals surface area (Å²) in [5, 5.41) is 15.3. The molecule has 0 aromatic rings. The van der Waals surface area contributed by atoms with Gasteiger partial charge in [-0.05, 0) is 64.8 Å². The molecule has 19 heavy (non-hydrogen) atoms. The molecule has 0 aliphatic carbocycles. The fourth-order valence-electron chi connectivity index (χ4n) is 2.45. The van der Waals surface area contributed by atoms with Crippen LogP contribution in [-0.2, 0) is 0 Å². The van der Waals surface area contributed by atoms with Crippen molar-refractivity contribution in [3.05, 3.63) is 0 Å². The van der Waals surface area contributed by atoms with Crippen molar-refractivity contribution in [3.8, 4) is 0 Å². The lowest BCUT2D eigenvalue weighted by molar-refractivity contribution is 0.211. The average Bonchev–Trinajstić information content (AvgIpc) is 2.39. The van der Waals surface area contributed by atoms with Crippen LogP contribution in [0.1, 0.15) is 39.5 Å². The Kier molecular flexibility index (Phi) is 6.58. The highest BCUT2D eigenvalue weighted by Gasteiger charge is 2.23. The lowest BCUT2D eigenvalue weighted by Gasteiger charge is -2.29. The van der Waals surface area contributed by atoms with Crippen molar-refractivity contribution in [2.75, 3.05) is 33.2 Å². The van der Waals surface area contributed by atoms with E-state index in [0.29, 0.717) is 5.84 Å². The number of hydrogen-bond donors (Lipinski definition) is 3. The molecule has 0 radical (unpaired) electrons. The maximum Gasteiger partial charge on any atom is 0.144 e. The van der Waals surface area contributed by atoms with Crippen molar-refractivity contribution in [2.24, 2.45) is 22.2 Å². The van der Waals surface area contributed by atoms with Gasteiger partial charge < -0.3 is 21.2 Å². The van der Waals surface area contributed by atoms with Crippen LogP contribution in [0, 0.1) is 11.3 Å². The fourth-order valence-corrected chi connectivity index (χ4v) is 2.45. The van der Waals surface area contributed by atoms with Crippen LogP contribution in [0.25, 0.3) is 0 Å². The van der Waals surface area contributed by atoms with Crippen LogP contribution < -0.4 is 11.1 Å². The molecule has 0 unspecified atom stereocenters. The van der Waals surface area contributed by atoms with Gasteiger partial charge >= 0.3 is 0 Å². The Morgan fingerprint density at radius 1 is 1.37 bits per heavy atom. The minimum absolute atomic E-state index is 0.241. The Morgan fingerprint density at radius 2 is 2.00 bits per heavy atom. The predicted molar refractivity (Wildman–Crippen MR) is 79.5 cm³/mol. The fraction of sp³-hybridized carbons (Fsp3) is 0.929. The van der Waals surface area contributed by atoms with Crippen LogP contribution in [0.5, 0.6) is 0 Å². The molecular weight excluding hydrogens is 240 g/mol. The Balaban J connectivity index is 2.08. The van der Waals surface area contributed by atoms with Gasteiger partial charge in [-0.1, -0.05) is 19.0 Å². The van der Waals surface area contributed by atoms with Gasteiger partial charge in [-0.15, -0.1) is 0 Å². The zero-order chi connectivity index (χ0) is 14.3. The third-order valence-electron chi connectivity index (χ3n) is 4.30. The first-order valence-corrected chi connectivity index (χ1v) is 7.33. The van der Waals surface area contributed by atoms with E-state index >= 15 is 0 Å². The first-order valence-electron chi connectivity index (χ1n) is 7.33. The molecule has 1 saturated heterocycles. The van der Waals surface area contributed by atoms with E-state index < -0.39 is 0 Å². The van der Waals surface area contributed by atoms with E-state index in [-0.39, 0.29) is 5.41 Å². The van der Waals surface area contributed by atoms with Gasteiger partial charge in [0.05, 0.1) is 0 Å². The number of nitrogens with zero attached hydrogens (tertiary/aromatic N) is 2. The van der Waals surface area contributed by atoms with Crippen molar-refractivity contribution in [1.82, 2.24) is 10.2 Å². The minimum Gasteiger partial charge on any atom is -0.409 e. The maximum absolute atomic E-state index is 8.70. The van der Waals surface area contributed by atoms with E-state index in [0.717, 1.165) is 25.4 Å². The van der Waals surface area contributed by atoms with Gasteiger partial charge in [0.15, 0.2) is 0 Å². The molecule has 112 valence electrons. The van der Waals surface area contributed by atoms with Gasteiger partial charge in [-0.3, -0.25) is 0 Å². The van der Waals surface area contributed by atoms with Crippen LogP contribution in [0.3, 0.4) is 0 Å². The molecule has 1 fully saturated rings. The third-order valence-corrected chi connectivity index (χ3v) is 4.30. The molecule has 0 saturated carbocycles. The van der Waals surface area contributed by atoms with Gasteiger partial charge in [0, 0.05) is 5.41 Å². The Morgan fingerprint density at radius 3 is 2.58 bits per heavy atom. The molecule has 1 rings (SSSR count). The second-order valence-corrected chi connectivity index (χ2v) is 6.40. The lowest BCUT2D eigenvalue weighted by Crippen LogP contribution is -2.35. The second kappa shape index (κ2) is 7.70. The molecule has 4 N–H and O–H groups in total. The van der Waals surface area contributed by atoms with Crippen molar-refractivity contribution < 1.29 is 5.21 Å². The quantitative estimate of drug-likeness (QED) is 0.215. The number of likely N-dealkylation sites (tertiary alicyclic amines) is 1. The molecule has 0 bridgehead atoms. The molecule has 0 amide bonds. The highest BCUT2D eigenvalue weighted by molar-refractivity contribution is 5.85. The predicted octanol–water partition coefficient (Wildman–Crippen LogP) is 1.47. The Hall–Kier alpha value is -0.810. The molecule has 1 heterocycles. The van der Waals surface area contributed by atoms with Crippen LogP contribution >= 0.6 is 0 Å². The largest absolute Gasteiger partial charge is 0.409 e. The van der Waals surface area contributed by atoms with Crippen molar-refractivity contribution in [1.29, 1.82) is 0 Å². The maximum atomic E-state index is 8.70. The number of nitrogens with two attached hydrogens (primary N) is 1. The van der Waals surface area contributed by atoms with Crippen LogP contribution in [-0.4, -0.2) is 49.2 Å².